The smallest absolute Gasteiger partial charge is 0.182 e. The van der Waals surface area contributed by atoms with Gasteiger partial charge in [-0.15, -0.1) is 0 Å². The molecule has 1 aromatic heterocycles. The van der Waals surface area contributed by atoms with Gasteiger partial charge in [-0.2, -0.15) is 10.4 Å². The molecule has 5 nitrogen and oxygen atoms in total. The Balaban J connectivity index is 1.83. The molecule has 4 rings (SSSR count). The lowest BCUT2D eigenvalue weighted by Gasteiger charge is -2.18. The molecule has 0 spiro atoms. The molecule has 7 heteroatoms. The number of rotatable bonds is 4. The maximum absolute atomic E-state index is 9.30. The molecule has 0 amide bonds. The van der Waals surface area contributed by atoms with Crippen LogP contribution in [0, 0.1) is 11.5 Å². The van der Waals surface area contributed by atoms with E-state index in [9.17, 15) is 5.26 Å². The van der Waals surface area contributed by atoms with E-state index in [4.69, 9.17) is 33.3 Å². The van der Waals surface area contributed by atoms with E-state index in [1.54, 1.807) is 4.68 Å². The van der Waals surface area contributed by atoms with Crippen LogP contribution in [-0.4, -0.2) is 21.7 Å². The van der Waals surface area contributed by atoms with Gasteiger partial charge in [0.2, 0.25) is 0 Å². The quantitative estimate of drug-likeness (QED) is 0.235. The molecule has 1 fully saturated rings. The van der Waals surface area contributed by atoms with E-state index in [2.05, 4.69) is 5.32 Å². The molecule has 1 heterocycles. The Morgan fingerprint density at radius 1 is 1.07 bits per heavy atom. The number of benzene rings is 2. The molecule has 1 N–H and O–H groups in total. The fraction of sp³-hybridized carbons (Fsp3) is 0.261. The summed E-state index contributed by atoms with van der Waals surface area (Å²) in [6.07, 6.45) is 7.65. The van der Waals surface area contributed by atoms with Gasteiger partial charge in [-0.1, -0.05) is 66.7 Å². The second-order valence-corrected chi connectivity index (χ2v) is 8.13. The van der Waals surface area contributed by atoms with Gasteiger partial charge in [0.05, 0.1) is 22.4 Å². The molecular formula is C23H21Cl2N5. The molecule has 0 unspecified atom stereocenters. The molecule has 0 bridgehead atoms. The van der Waals surface area contributed by atoms with Crippen molar-refractivity contribution in [1.82, 2.24) is 15.1 Å². The number of amidine groups is 1. The van der Waals surface area contributed by atoms with Crippen molar-refractivity contribution in [2.24, 2.45) is 4.99 Å². The maximum atomic E-state index is 9.30. The largest absolute Gasteiger partial charge is 0.275 e. The van der Waals surface area contributed by atoms with Crippen LogP contribution in [0.2, 0.25) is 10.0 Å². The predicted octanol–water partition coefficient (Wildman–Crippen LogP) is 6.00. The van der Waals surface area contributed by atoms with Gasteiger partial charge < -0.3 is 0 Å². The summed E-state index contributed by atoms with van der Waals surface area (Å²) in [6.45, 7) is 0. The van der Waals surface area contributed by atoms with Gasteiger partial charge >= 0.3 is 0 Å². The SMILES string of the molecule is N#CNC(=NC1CCCCC1)c1cc(-c2ccc(Cl)cc2)n(-c2ccccc2Cl)n1. The summed E-state index contributed by atoms with van der Waals surface area (Å²) < 4.78 is 1.79. The lowest BCUT2D eigenvalue weighted by Crippen LogP contribution is -2.24. The van der Waals surface area contributed by atoms with Crippen LogP contribution in [0.4, 0.5) is 0 Å². The number of aromatic nitrogens is 2. The van der Waals surface area contributed by atoms with E-state index in [1.807, 2.05) is 60.8 Å². The van der Waals surface area contributed by atoms with E-state index in [0.29, 0.717) is 21.6 Å². The normalized spacial score (nSPS) is 15.0. The van der Waals surface area contributed by atoms with Crippen LogP contribution in [0.15, 0.2) is 59.6 Å². The zero-order valence-corrected chi connectivity index (χ0v) is 17.9. The number of nitrogens with zero attached hydrogens (tertiary/aromatic N) is 4. The average molecular weight is 438 g/mol. The number of hydrogen-bond donors (Lipinski definition) is 1. The standard InChI is InChI=1S/C23H21Cl2N5/c24-17-12-10-16(11-13-17)22-14-20(29-30(22)21-9-5-4-8-19(21)25)23(27-15-26)28-18-6-2-1-3-7-18/h4-5,8-14,18H,1-3,6-7H2,(H,27,28). The van der Waals surface area contributed by atoms with Gasteiger partial charge in [0.25, 0.3) is 0 Å². The highest BCUT2D eigenvalue weighted by atomic mass is 35.5. The first-order chi connectivity index (χ1) is 14.7. The maximum Gasteiger partial charge on any atom is 0.182 e. The van der Waals surface area contributed by atoms with Crippen molar-refractivity contribution in [2.75, 3.05) is 0 Å². The fourth-order valence-corrected chi connectivity index (χ4v) is 4.08. The minimum absolute atomic E-state index is 0.207. The second-order valence-electron chi connectivity index (χ2n) is 7.29. The molecule has 0 atom stereocenters. The third-order valence-electron chi connectivity index (χ3n) is 5.23. The summed E-state index contributed by atoms with van der Waals surface area (Å²) in [5.74, 6) is 0.491. The highest BCUT2D eigenvalue weighted by Gasteiger charge is 2.19. The average Bonchev–Trinajstić information content (AvgIpc) is 3.20. The van der Waals surface area contributed by atoms with Crippen LogP contribution in [0.25, 0.3) is 16.9 Å². The lowest BCUT2D eigenvalue weighted by atomic mass is 9.96. The summed E-state index contributed by atoms with van der Waals surface area (Å²) in [6, 6.07) is 17.2. The Labute approximate surface area is 186 Å². The lowest BCUT2D eigenvalue weighted by molar-refractivity contribution is 0.443. The summed E-state index contributed by atoms with van der Waals surface area (Å²) in [7, 11) is 0. The summed E-state index contributed by atoms with van der Waals surface area (Å²) in [4.78, 5) is 4.83. The Morgan fingerprint density at radius 3 is 2.50 bits per heavy atom. The van der Waals surface area contributed by atoms with Crippen molar-refractivity contribution in [2.45, 2.75) is 38.1 Å². The van der Waals surface area contributed by atoms with Crippen LogP contribution in [0.5, 0.6) is 0 Å². The van der Waals surface area contributed by atoms with E-state index >= 15 is 0 Å². The van der Waals surface area contributed by atoms with Crippen molar-refractivity contribution >= 4 is 29.0 Å². The van der Waals surface area contributed by atoms with Gasteiger partial charge in [0.15, 0.2) is 12.0 Å². The van der Waals surface area contributed by atoms with E-state index < -0.39 is 0 Å². The molecule has 30 heavy (non-hydrogen) atoms. The van der Waals surface area contributed by atoms with Crippen molar-refractivity contribution in [3.8, 4) is 23.1 Å². The van der Waals surface area contributed by atoms with Gasteiger partial charge in [0.1, 0.15) is 5.69 Å². The molecular weight excluding hydrogens is 417 g/mol. The number of nitrogens with one attached hydrogen (secondary N) is 1. The third-order valence-corrected chi connectivity index (χ3v) is 5.80. The van der Waals surface area contributed by atoms with Crippen molar-refractivity contribution in [1.29, 1.82) is 5.26 Å². The van der Waals surface area contributed by atoms with Gasteiger partial charge in [0, 0.05) is 10.6 Å². The van der Waals surface area contributed by atoms with E-state index in [1.165, 1.54) is 6.42 Å². The van der Waals surface area contributed by atoms with Gasteiger partial charge in [-0.3, -0.25) is 10.3 Å². The number of halogens is 2. The summed E-state index contributed by atoms with van der Waals surface area (Å²) in [5.41, 5.74) is 3.13. The monoisotopic (exact) mass is 437 g/mol. The highest BCUT2D eigenvalue weighted by Crippen LogP contribution is 2.29. The molecule has 0 radical (unpaired) electrons. The Bertz CT molecular complexity index is 1090. The number of para-hydroxylation sites is 1. The first kappa shape index (κ1) is 20.5. The number of hydrogen-bond acceptors (Lipinski definition) is 3. The zero-order chi connectivity index (χ0) is 20.9. The van der Waals surface area contributed by atoms with E-state index in [0.717, 1.165) is 42.6 Å². The molecule has 0 aliphatic heterocycles. The minimum atomic E-state index is 0.207. The fourth-order valence-electron chi connectivity index (χ4n) is 3.74. The minimum Gasteiger partial charge on any atom is -0.275 e. The first-order valence-corrected chi connectivity index (χ1v) is 10.8. The molecule has 1 aliphatic carbocycles. The van der Waals surface area contributed by atoms with Crippen molar-refractivity contribution in [3.05, 3.63) is 70.3 Å². The van der Waals surface area contributed by atoms with Crippen LogP contribution in [-0.2, 0) is 0 Å². The zero-order valence-electron chi connectivity index (χ0n) is 16.4. The molecule has 152 valence electrons. The van der Waals surface area contributed by atoms with Crippen LogP contribution in [0.1, 0.15) is 37.8 Å². The Morgan fingerprint density at radius 2 is 1.80 bits per heavy atom. The second kappa shape index (κ2) is 9.34. The van der Waals surface area contributed by atoms with Gasteiger partial charge in [-0.05, 0) is 43.2 Å². The topological polar surface area (TPSA) is 66.0 Å². The summed E-state index contributed by atoms with van der Waals surface area (Å²) >= 11 is 12.5. The van der Waals surface area contributed by atoms with Gasteiger partial charge in [-0.25, -0.2) is 4.68 Å². The molecule has 1 aliphatic rings. The number of aliphatic imine (C=N–C) groups is 1. The highest BCUT2D eigenvalue weighted by molar-refractivity contribution is 6.32. The molecule has 2 aromatic carbocycles. The molecule has 3 aromatic rings. The van der Waals surface area contributed by atoms with Crippen LogP contribution < -0.4 is 5.32 Å². The van der Waals surface area contributed by atoms with E-state index in [-0.39, 0.29) is 6.04 Å². The summed E-state index contributed by atoms with van der Waals surface area (Å²) in [5, 5.41) is 18.1. The Hall–Kier alpha value is -2.81. The molecule has 1 saturated carbocycles. The Kier molecular flexibility index (Phi) is 6.37. The molecule has 0 saturated heterocycles. The van der Waals surface area contributed by atoms with Crippen molar-refractivity contribution in [3.63, 3.8) is 0 Å². The first-order valence-electron chi connectivity index (χ1n) is 10.00. The van der Waals surface area contributed by atoms with Crippen LogP contribution in [0.3, 0.4) is 0 Å². The predicted molar refractivity (Wildman–Crippen MR) is 121 cm³/mol. The number of nitriles is 1. The third kappa shape index (κ3) is 4.51. The van der Waals surface area contributed by atoms with Crippen molar-refractivity contribution < 1.29 is 0 Å². The van der Waals surface area contributed by atoms with Crippen LogP contribution >= 0.6 is 23.2 Å².